The molecule has 7 nitrogen and oxygen atoms in total. The zero-order valence-electron chi connectivity index (χ0n) is 19.2. The summed E-state index contributed by atoms with van der Waals surface area (Å²) in [7, 11) is 1.63. The van der Waals surface area contributed by atoms with E-state index < -0.39 is 0 Å². The molecule has 0 saturated heterocycles. The number of fused-ring (bicyclic) bond motifs is 2. The maximum atomic E-state index is 12.9. The molecule has 5 rings (SSSR count). The zero-order chi connectivity index (χ0) is 23.5. The van der Waals surface area contributed by atoms with Gasteiger partial charge in [0.2, 0.25) is 17.7 Å². The maximum Gasteiger partial charge on any atom is 0.234 e. The smallest absolute Gasteiger partial charge is 0.234 e. The van der Waals surface area contributed by atoms with Crippen molar-refractivity contribution in [3.05, 3.63) is 48.2 Å². The number of aromatic nitrogens is 2. The van der Waals surface area contributed by atoms with Crippen LogP contribution in [0.2, 0.25) is 0 Å². The number of thioether (sulfide) groups is 1. The Morgan fingerprint density at radius 2 is 2.03 bits per heavy atom. The van der Waals surface area contributed by atoms with Crippen molar-refractivity contribution in [2.45, 2.75) is 43.4 Å². The highest BCUT2D eigenvalue weighted by molar-refractivity contribution is 8.00. The number of amides is 2. The van der Waals surface area contributed by atoms with Crippen LogP contribution in [0.3, 0.4) is 0 Å². The number of methoxy groups -OCH3 is 1. The largest absolute Gasteiger partial charge is 0.481 e. The Kier molecular flexibility index (Phi) is 6.67. The van der Waals surface area contributed by atoms with Crippen molar-refractivity contribution >= 4 is 46.0 Å². The summed E-state index contributed by atoms with van der Waals surface area (Å²) in [4.78, 5) is 34.6. The van der Waals surface area contributed by atoms with E-state index >= 15 is 0 Å². The highest BCUT2D eigenvalue weighted by Gasteiger charge is 2.27. The number of aryl methyl sites for hydroxylation is 1. The molecule has 0 atom stereocenters. The number of ether oxygens (including phenoxy) is 1. The van der Waals surface area contributed by atoms with Gasteiger partial charge in [-0.15, -0.1) is 11.8 Å². The summed E-state index contributed by atoms with van der Waals surface area (Å²) in [6, 6.07) is 11.6. The van der Waals surface area contributed by atoms with Crippen LogP contribution in [0.25, 0.3) is 11.0 Å². The van der Waals surface area contributed by atoms with Crippen molar-refractivity contribution in [1.29, 1.82) is 0 Å². The average Bonchev–Trinajstić information content (AvgIpc) is 2.87. The van der Waals surface area contributed by atoms with Gasteiger partial charge in [-0.05, 0) is 80.3 Å². The fraction of sp³-hybridized carbons (Fsp3) is 0.385. The van der Waals surface area contributed by atoms with Crippen molar-refractivity contribution < 1.29 is 14.3 Å². The molecular formula is C26H28N4O3S. The molecule has 2 aromatic heterocycles. The molecule has 0 spiro atoms. The lowest BCUT2D eigenvalue weighted by atomic mass is 9.79. The second-order valence-electron chi connectivity index (χ2n) is 8.98. The highest BCUT2D eigenvalue weighted by atomic mass is 32.2. The Labute approximate surface area is 203 Å². The molecule has 176 valence electrons. The van der Waals surface area contributed by atoms with Gasteiger partial charge < -0.3 is 15.4 Å². The molecule has 2 aliphatic rings. The Bertz CT molecular complexity index is 1220. The first kappa shape index (κ1) is 22.7. The molecule has 3 heterocycles. The molecule has 8 heteroatoms. The summed E-state index contributed by atoms with van der Waals surface area (Å²) in [5.74, 6) is 1.74. The highest BCUT2D eigenvalue weighted by Crippen LogP contribution is 2.35. The van der Waals surface area contributed by atoms with Crippen LogP contribution in [0.1, 0.15) is 37.7 Å². The van der Waals surface area contributed by atoms with Gasteiger partial charge in [-0.25, -0.2) is 4.98 Å². The molecule has 2 N–H and O–H groups in total. The summed E-state index contributed by atoms with van der Waals surface area (Å²) < 4.78 is 5.28. The molecule has 1 saturated carbocycles. The van der Waals surface area contributed by atoms with Crippen LogP contribution in [0.15, 0.2) is 47.5 Å². The van der Waals surface area contributed by atoms with Crippen LogP contribution in [0.4, 0.5) is 11.4 Å². The van der Waals surface area contributed by atoms with E-state index in [1.54, 1.807) is 7.11 Å². The van der Waals surface area contributed by atoms with Gasteiger partial charge in [0.1, 0.15) is 0 Å². The fourth-order valence-corrected chi connectivity index (χ4v) is 5.64. The van der Waals surface area contributed by atoms with Crippen LogP contribution in [-0.4, -0.2) is 34.6 Å². The van der Waals surface area contributed by atoms with E-state index in [4.69, 9.17) is 4.74 Å². The van der Waals surface area contributed by atoms with Crippen molar-refractivity contribution in [2.24, 2.45) is 11.8 Å². The first-order valence-electron chi connectivity index (χ1n) is 11.8. The van der Waals surface area contributed by atoms with E-state index in [-0.39, 0.29) is 17.7 Å². The van der Waals surface area contributed by atoms with Gasteiger partial charge in [-0.2, -0.15) is 0 Å². The molecule has 34 heavy (non-hydrogen) atoms. The number of carbonyl (C=O) groups excluding carboxylic acids is 2. The van der Waals surface area contributed by atoms with Crippen LogP contribution < -0.4 is 15.4 Å². The van der Waals surface area contributed by atoms with E-state index in [1.807, 2.05) is 42.6 Å². The van der Waals surface area contributed by atoms with Gasteiger partial charge in [0.15, 0.2) is 0 Å². The first-order valence-corrected chi connectivity index (χ1v) is 12.7. The fourth-order valence-electron chi connectivity index (χ4n) is 4.85. The Hall–Kier alpha value is -3.13. The minimum absolute atomic E-state index is 0.00557. The second kappa shape index (κ2) is 10.0. The number of anilines is 2. The summed E-state index contributed by atoms with van der Waals surface area (Å²) in [6.45, 7) is 0. The third kappa shape index (κ3) is 5.01. The van der Waals surface area contributed by atoms with Gasteiger partial charge in [-0.3, -0.25) is 14.6 Å². The number of benzene rings is 1. The predicted molar refractivity (Wildman–Crippen MR) is 134 cm³/mol. The topological polar surface area (TPSA) is 93.2 Å². The number of hydrogen-bond acceptors (Lipinski definition) is 6. The van der Waals surface area contributed by atoms with Crippen LogP contribution in [-0.2, 0) is 16.0 Å². The third-order valence-corrected chi connectivity index (χ3v) is 7.84. The van der Waals surface area contributed by atoms with Crippen molar-refractivity contribution in [3.63, 3.8) is 0 Å². The molecule has 0 unspecified atom stereocenters. The first-order chi connectivity index (χ1) is 16.6. The number of pyridine rings is 2. The van der Waals surface area contributed by atoms with Crippen LogP contribution in [0.5, 0.6) is 5.88 Å². The predicted octanol–water partition coefficient (Wildman–Crippen LogP) is 5.06. The minimum Gasteiger partial charge on any atom is -0.481 e. The number of nitrogens with one attached hydrogen (secondary N) is 2. The minimum atomic E-state index is -0.00557. The van der Waals surface area contributed by atoms with Gasteiger partial charge in [0, 0.05) is 28.8 Å². The standard InChI is InChI=1S/C26H28N4O3S/c1-33-24-11-9-20-25(30-24)17(12-13-27-20)5-2-16-3-6-18(7-4-16)26(32)28-19-8-10-22-21(14-19)29-23(31)15-34-22/h8-14,16,18H,2-7,15H2,1H3,(H,28,32)(H,29,31). The summed E-state index contributed by atoms with van der Waals surface area (Å²) >= 11 is 1.52. The molecule has 1 fully saturated rings. The number of nitrogens with zero attached hydrogens (tertiary/aromatic N) is 2. The van der Waals surface area contributed by atoms with Gasteiger partial charge in [0.05, 0.1) is 29.6 Å². The monoisotopic (exact) mass is 476 g/mol. The lowest BCUT2D eigenvalue weighted by molar-refractivity contribution is -0.121. The van der Waals surface area contributed by atoms with E-state index in [0.717, 1.165) is 65.8 Å². The summed E-state index contributed by atoms with van der Waals surface area (Å²) in [6.07, 6.45) is 7.77. The van der Waals surface area contributed by atoms with E-state index in [2.05, 4.69) is 20.6 Å². The molecule has 1 aromatic carbocycles. The van der Waals surface area contributed by atoms with Gasteiger partial charge in [-0.1, -0.05) is 0 Å². The van der Waals surface area contributed by atoms with Crippen molar-refractivity contribution in [2.75, 3.05) is 23.5 Å². The SMILES string of the molecule is COc1ccc2nccc(CCC3CCC(C(=O)Nc4ccc5c(c4)NC(=O)CS5)CC3)c2n1. The number of rotatable bonds is 6. The number of carbonyl (C=O) groups is 2. The molecule has 2 amide bonds. The molecule has 1 aliphatic carbocycles. The molecule has 0 bridgehead atoms. The van der Waals surface area contributed by atoms with Gasteiger partial charge in [0.25, 0.3) is 0 Å². The molecular weight excluding hydrogens is 448 g/mol. The average molecular weight is 477 g/mol. The molecule has 3 aromatic rings. The third-order valence-electron chi connectivity index (χ3n) is 6.77. The summed E-state index contributed by atoms with van der Waals surface area (Å²) in [5.41, 5.74) is 4.51. The Morgan fingerprint density at radius 1 is 1.18 bits per heavy atom. The lowest BCUT2D eigenvalue weighted by Crippen LogP contribution is -2.27. The molecule has 0 radical (unpaired) electrons. The maximum absolute atomic E-state index is 12.9. The quantitative estimate of drug-likeness (QED) is 0.517. The van der Waals surface area contributed by atoms with E-state index in [1.165, 1.54) is 17.3 Å². The van der Waals surface area contributed by atoms with Crippen LogP contribution >= 0.6 is 11.8 Å². The number of hydrogen-bond donors (Lipinski definition) is 2. The Balaban J connectivity index is 1.14. The van der Waals surface area contributed by atoms with Crippen molar-refractivity contribution in [1.82, 2.24) is 9.97 Å². The van der Waals surface area contributed by atoms with E-state index in [9.17, 15) is 9.59 Å². The summed E-state index contributed by atoms with van der Waals surface area (Å²) in [5, 5.41) is 5.93. The lowest BCUT2D eigenvalue weighted by Gasteiger charge is -2.28. The van der Waals surface area contributed by atoms with E-state index in [0.29, 0.717) is 17.6 Å². The zero-order valence-corrected chi connectivity index (χ0v) is 20.0. The molecule has 1 aliphatic heterocycles. The van der Waals surface area contributed by atoms with Crippen molar-refractivity contribution in [3.8, 4) is 5.88 Å². The van der Waals surface area contributed by atoms with Crippen LogP contribution in [0, 0.1) is 11.8 Å². The second-order valence-corrected chi connectivity index (χ2v) is 10.0. The normalized spacial score (nSPS) is 19.9. The van der Waals surface area contributed by atoms with Gasteiger partial charge >= 0.3 is 0 Å². The Morgan fingerprint density at radius 3 is 2.85 bits per heavy atom.